The molecule has 0 saturated carbocycles. The molecule has 0 aliphatic carbocycles. The Balaban J connectivity index is 2.47. The number of hydrogen-bond acceptors (Lipinski definition) is 3. The molecule has 2 rings (SSSR count). The second kappa shape index (κ2) is 4.28. The molecular formula is C12H12ClNO2. The van der Waals surface area contributed by atoms with Crippen LogP contribution in [0.3, 0.4) is 0 Å². The standard InChI is InChI=1S/C12H12ClNO2/c1-7-11(8(2)16-14-7)12(15)9-5-3-4-6-10(9)13/h3-6,12,15H,1-2H3. The molecule has 1 N–H and O–H groups in total. The van der Waals surface area contributed by atoms with Crippen LogP contribution in [0.1, 0.15) is 28.7 Å². The van der Waals surface area contributed by atoms with Crippen LogP contribution < -0.4 is 0 Å². The van der Waals surface area contributed by atoms with Gasteiger partial charge in [-0.1, -0.05) is 35.0 Å². The predicted molar refractivity (Wildman–Crippen MR) is 61.5 cm³/mol. The minimum Gasteiger partial charge on any atom is -0.383 e. The lowest BCUT2D eigenvalue weighted by atomic mass is 10.0. The van der Waals surface area contributed by atoms with Gasteiger partial charge in [0.1, 0.15) is 11.9 Å². The van der Waals surface area contributed by atoms with Gasteiger partial charge < -0.3 is 9.63 Å². The normalized spacial score (nSPS) is 12.8. The van der Waals surface area contributed by atoms with E-state index in [0.717, 1.165) is 0 Å². The number of hydrogen-bond donors (Lipinski definition) is 1. The van der Waals surface area contributed by atoms with Crippen LogP contribution in [-0.4, -0.2) is 10.3 Å². The first-order valence-corrected chi connectivity index (χ1v) is 5.34. The molecular weight excluding hydrogens is 226 g/mol. The molecule has 0 aliphatic rings. The molecule has 4 heteroatoms. The van der Waals surface area contributed by atoms with Crippen LogP contribution in [-0.2, 0) is 0 Å². The number of nitrogens with zero attached hydrogens (tertiary/aromatic N) is 1. The highest BCUT2D eigenvalue weighted by molar-refractivity contribution is 6.31. The second-order valence-electron chi connectivity index (χ2n) is 3.66. The van der Waals surface area contributed by atoms with Crippen LogP contribution in [0.15, 0.2) is 28.8 Å². The molecule has 0 aliphatic heterocycles. The summed E-state index contributed by atoms with van der Waals surface area (Å²) in [5.74, 6) is 0.616. The minimum atomic E-state index is -0.792. The first-order valence-electron chi connectivity index (χ1n) is 4.96. The van der Waals surface area contributed by atoms with Gasteiger partial charge in [-0.05, 0) is 19.9 Å². The smallest absolute Gasteiger partial charge is 0.140 e. The maximum Gasteiger partial charge on any atom is 0.140 e. The summed E-state index contributed by atoms with van der Waals surface area (Å²) >= 11 is 6.03. The van der Waals surface area contributed by atoms with Gasteiger partial charge in [0.25, 0.3) is 0 Å². The van der Waals surface area contributed by atoms with Crippen molar-refractivity contribution in [1.29, 1.82) is 0 Å². The average molecular weight is 238 g/mol. The average Bonchev–Trinajstić information content (AvgIpc) is 2.58. The highest BCUT2D eigenvalue weighted by Gasteiger charge is 2.21. The lowest BCUT2D eigenvalue weighted by Gasteiger charge is -2.12. The molecule has 0 amide bonds. The second-order valence-corrected chi connectivity index (χ2v) is 4.07. The van der Waals surface area contributed by atoms with Crippen LogP contribution in [0.2, 0.25) is 5.02 Å². The highest BCUT2D eigenvalue weighted by Crippen LogP contribution is 2.31. The lowest BCUT2D eigenvalue weighted by molar-refractivity contribution is 0.217. The molecule has 0 radical (unpaired) electrons. The summed E-state index contributed by atoms with van der Waals surface area (Å²) in [6.45, 7) is 3.57. The molecule has 16 heavy (non-hydrogen) atoms. The topological polar surface area (TPSA) is 46.3 Å². The van der Waals surface area contributed by atoms with Crippen molar-refractivity contribution in [3.05, 3.63) is 51.9 Å². The van der Waals surface area contributed by atoms with Gasteiger partial charge in [-0.3, -0.25) is 0 Å². The molecule has 0 bridgehead atoms. The summed E-state index contributed by atoms with van der Waals surface area (Å²) in [5.41, 5.74) is 2.04. The Bertz CT molecular complexity index is 488. The van der Waals surface area contributed by atoms with Crippen molar-refractivity contribution in [3.63, 3.8) is 0 Å². The molecule has 3 nitrogen and oxygen atoms in total. The van der Waals surface area contributed by atoms with Gasteiger partial charge in [0, 0.05) is 10.6 Å². The Morgan fingerprint density at radius 1 is 1.31 bits per heavy atom. The van der Waals surface area contributed by atoms with Crippen molar-refractivity contribution in [2.45, 2.75) is 20.0 Å². The van der Waals surface area contributed by atoms with Gasteiger partial charge in [0.15, 0.2) is 0 Å². The van der Waals surface area contributed by atoms with E-state index in [1.54, 1.807) is 26.0 Å². The molecule has 84 valence electrons. The number of benzene rings is 1. The molecule has 0 saturated heterocycles. The third kappa shape index (κ3) is 1.84. The summed E-state index contributed by atoms with van der Waals surface area (Å²) < 4.78 is 5.02. The maximum absolute atomic E-state index is 10.2. The molecule has 0 fully saturated rings. The van der Waals surface area contributed by atoms with Crippen LogP contribution in [0.4, 0.5) is 0 Å². The number of aliphatic hydroxyl groups excluding tert-OH is 1. The number of aromatic nitrogens is 1. The van der Waals surface area contributed by atoms with Crippen LogP contribution >= 0.6 is 11.6 Å². The zero-order valence-corrected chi connectivity index (χ0v) is 9.82. The molecule has 1 unspecified atom stereocenters. The SMILES string of the molecule is Cc1noc(C)c1C(O)c1ccccc1Cl. The predicted octanol–water partition coefficient (Wildman–Crippen LogP) is 3.03. The fourth-order valence-electron chi connectivity index (χ4n) is 1.73. The first-order chi connectivity index (χ1) is 7.61. The number of rotatable bonds is 2. The van der Waals surface area contributed by atoms with E-state index in [1.165, 1.54) is 0 Å². The first kappa shape index (κ1) is 11.2. The van der Waals surface area contributed by atoms with Crippen LogP contribution in [0.5, 0.6) is 0 Å². The summed E-state index contributed by atoms with van der Waals surface area (Å²) in [6.07, 6.45) is -0.792. The lowest BCUT2D eigenvalue weighted by Crippen LogP contribution is -2.02. The van der Waals surface area contributed by atoms with E-state index >= 15 is 0 Å². The fourth-order valence-corrected chi connectivity index (χ4v) is 1.97. The van der Waals surface area contributed by atoms with Crippen molar-refractivity contribution in [2.75, 3.05) is 0 Å². The van der Waals surface area contributed by atoms with E-state index in [2.05, 4.69) is 5.16 Å². The van der Waals surface area contributed by atoms with Crippen molar-refractivity contribution < 1.29 is 9.63 Å². The summed E-state index contributed by atoms with van der Waals surface area (Å²) in [4.78, 5) is 0. The third-order valence-electron chi connectivity index (χ3n) is 2.56. The molecule has 1 aromatic carbocycles. The van der Waals surface area contributed by atoms with E-state index < -0.39 is 6.10 Å². The van der Waals surface area contributed by atoms with E-state index in [-0.39, 0.29) is 0 Å². The zero-order valence-electron chi connectivity index (χ0n) is 9.07. The summed E-state index contributed by atoms with van der Waals surface area (Å²) in [7, 11) is 0. The molecule has 1 aromatic heterocycles. The Morgan fingerprint density at radius 3 is 2.56 bits per heavy atom. The minimum absolute atomic E-state index is 0.537. The Kier molecular flexibility index (Phi) is 2.99. The van der Waals surface area contributed by atoms with E-state index in [0.29, 0.717) is 27.6 Å². The van der Waals surface area contributed by atoms with E-state index in [1.807, 2.05) is 12.1 Å². The van der Waals surface area contributed by atoms with Crippen LogP contribution in [0.25, 0.3) is 0 Å². The maximum atomic E-state index is 10.2. The summed E-state index contributed by atoms with van der Waals surface area (Å²) in [5, 5.41) is 14.6. The monoisotopic (exact) mass is 237 g/mol. The summed E-state index contributed by atoms with van der Waals surface area (Å²) in [6, 6.07) is 7.20. The molecule has 2 aromatic rings. The van der Waals surface area contributed by atoms with Gasteiger partial charge >= 0.3 is 0 Å². The fraction of sp³-hybridized carbons (Fsp3) is 0.250. The van der Waals surface area contributed by atoms with Crippen molar-refractivity contribution in [1.82, 2.24) is 5.16 Å². The van der Waals surface area contributed by atoms with Gasteiger partial charge in [-0.15, -0.1) is 0 Å². The Hall–Kier alpha value is -1.32. The van der Waals surface area contributed by atoms with Crippen molar-refractivity contribution in [3.8, 4) is 0 Å². The van der Waals surface area contributed by atoms with Crippen molar-refractivity contribution >= 4 is 11.6 Å². The Labute approximate surface area is 98.6 Å². The van der Waals surface area contributed by atoms with Gasteiger partial charge in [0.05, 0.1) is 11.3 Å². The third-order valence-corrected chi connectivity index (χ3v) is 2.91. The molecule has 1 atom stereocenters. The zero-order chi connectivity index (χ0) is 11.7. The quantitative estimate of drug-likeness (QED) is 0.873. The number of halogens is 1. The van der Waals surface area contributed by atoms with Crippen molar-refractivity contribution in [2.24, 2.45) is 0 Å². The molecule has 1 heterocycles. The molecule has 0 spiro atoms. The number of aryl methyl sites for hydroxylation is 2. The van der Waals surface area contributed by atoms with E-state index in [9.17, 15) is 5.11 Å². The highest BCUT2D eigenvalue weighted by atomic mass is 35.5. The van der Waals surface area contributed by atoms with Gasteiger partial charge in [-0.25, -0.2) is 0 Å². The van der Waals surface area contributed by atoms with E-state index in [4.69, 9.17) is 16.1 Å². The van der Waals surface area contributed by atoms with Gasteiger partial charge in [0.2, 0.25) is 0 Å². The Morgan fingerprint density at radius 2 is 2.00 bits per heavy atom. The van der Waals surface area contributed by atoms with Crippen LogP contribution in [0, 0.1) is 13.8 Å². The largest absolute Gasteiger partial charge is 0.383 e. The number of aliphatic hydroxyl groups is 1. The van der Waals surface area contributed by atoms with Gasteiger partial charge in [-0.2, -0.15) is 0 Å².